The van der Waals surface area contributed by atoms with Crippen LogP contribution in [0.2, 0.25) is 5.02 Å². The molecule has 1 N–H and O–H groups in total. The summed E-state index contributed by atoms with van der Waals surface area (Å²) in [5.41, 5.74) is 0.797. The van der Waals surface area contributed by atoms with Gasteiger partial charge in [-0.15, -0.1) is 0 Å². The molecule has 4 nitrogen and oxygen atoms in total. The number of hydrogen-bond acceptors (Lipinski definition) is 3. The van der Waals surface area contributed by atoms with Crippen LogP contribution in [0.5, 0.6) is 0 Å². The van der Waals surface area contributed by atoms with E-state index in [-0.39, 0.29) is 18.6 Å². The second-order valence-electron chi connectivity index (χ2n) is 5.19. The van der Waals surface area contributed by atoms with Crippen LogP contribution in [0.25, 0.3) is 6.08 Å². The summed E-state index contributed by atoms with van der Waals surface area (Å²) in [6.07, 6.45) is 5.19. The molecule has 1 aromatic rings. The second-order valence-corrected chi connectivity index (χ2v) is 5.63. The van der Waals surface area contributed by atoms with Crippen molar-refractivity contribution in [1.29, 1.82) is 0 Å². The van der Waals surface area contributed by atoms with Crippen LogP contribution in [-0.2, 0) is 14.3 Å². The van der Waals surface area contributed by atoms with Crippen molar-refractivity contribution in [3.63, 3.8) is 0 Å². The Morgan fingerprint density at radius 2 is 2.24 bits per heavy atom. The molecule has 1 saturated carbocycles. The molecular formula is C16H18ClNO3. The number of esters is 1. The number of hydrogen-bond donors (Lipinski definition) is 1. The summed E-state index contributed by atoms with van der Waals surface area (Å²) >= 11 is 5.84. The van der Waals surface area contributed by atoms with Crippen LogP contribution in [0.4, 0.5) is 0 Å². The molecular weight excluding hydrogens is 290 g/mol. The first kappa shape index (κ1) is 15.6. The molecule has 1 amide bonds. The monoisotopic (exact) mass is 307 g/mol. The van der Waals surface area contributed by atoms with Gasteiger partial charge in [-0.25, -0.2) is 4.79 Å². The van der Waals surface area contributed by atoms with Crippen molar-refractivity contribution in [1.82, 2.24) is 5.32 Å². The van der Waals surface area contributed by atoms with E-state index in [0.717, 1.165) is 18.4 Å². The van der Waals surface area contributed by atoms with Crippen LogP contribution in [0, 0.1) is 5.92 Å². The predicted molar refractivity (Wildman–Crippen MR) is 81.8 cm³/mol. The predicted octanol–water partition coefficient (Wildman–Crippen LogP) is 2.81. The van der Waals surface area contributed by atoms with E-state index in [0.29, 0.717) is 10.9 Å². The third-order valence-electron chi connectivity index (χ3n) is 3.32. The molecule has 0 aromatic heterocycles. The SMILES string of the molecule is C[C@@H](NC(=O)COC(=O)/C=C/c1cccc(Cl)c1)C1CC1. The third-order valence-corrected chi connectivity index (χ3v) is 3.56. The summed E-state index contributed by atoms with van der Waals surface area (Å²) < 4.78 is 4.89. The fourth-order valence-electron chi connectivity index (χ4n) is 1.97. The molecule has 0 aliphatic heterocycles. The van der Waals surface area contributed by atoms with Gasteiger partial charge in [-0.3, -0.25) is 4.79 Å². The van der Waals surface area contributed by atoms with Crippen molar-refractivity contribution in [3.05, 3.63) is 40.9 Å². The Hall–Kier alpha value is -1.81. The first-order chi connectivity index (χ1) is 10.0. The van der Waals surface area contributed by atoms with E-state index in [1.54, 1.807) is 24.3 Å². The Kier molecular flexibility index (Phi) is 5.39. The third kappa shape index (κ3) is 5.60. The van der Waals surface area contributed by atoms with Crippen LogP contribution >= 0.6 is 11.6 Å². The van der Waals surface area contributed by atoms with E-state index >= 15 is 0 Å². The molecule has 0 saturated heterocycles. The van der Waals surface area contributed by atoms with Gasteiger partial charge in [0.05, 0.1) is 0 Å². The Balaban J connectivity index is 1.72. The highest BCUT2D eigenvalue weighted by atomic mass is 35.5. The molecule has 21 heavy (non-hydrogen) atoms. The highest BCUT2D eigenvalue weighted by Gasteiger charge is 2.28. The summed E-state index contributed by atoms with van der Waals surface area (Å²) in [5.74, 6) is -0.240. The van der Waals surface area contributed by atoms with Gasteiger partial charge in [0.25, 0.3) is 5.91 Å². The molecule has 0 spiro atoms. The van der Waals surface area contributed by atoms with E-state index < -0.39 is 5.97 Å². The molecule has 112 valence electrons. The summed E-state index contributed by atoms with van der Waals surface area (Å²) in [5, 5.41) is 3.42. The molecule has 1 aliphatic carbocycles. The fourth-order valence-corrected chi connectivity index (χ4v) is 2.17. The van der Waals surface area contributed by atoms with Gasteiger partial charge >= 0.3 is 5.97 Å². The first-order valence-electron chi connectivity index (χ1n) is 6.94. The van der Waals surface area contributed by atoms with Crippen LogP contribution < -0.4 is 5.32 Å². The van der Waals surface area contributed by atoms with Crippen molar-refractivity contribution in [2.75, 3.05) is 6.61 Å². The average molecular weight is 308 g/mol. The van der Waals surface area contributed by atoms with Crippen molar-refractivity contribution in [2.24, 2.45) is 5.92 Å². The van der Waals surface area contributed by atoms with Gasteiger partial charge in [0.1, 0.15) is 0 Å². The summed E-state index contributed by atoms with van der Waals surface area (Å²) in [6.45, 7) is 1.71. The van der Waals surface area contributed by atoms with E-state index in [1.165, 1.54) is 6.08 Å². The highest BCUT2D eigenvalue weighted by molar-refractivity contribution is 6.30. The van der Waals surface area contributed by atoms with Crippen LogP contribution in [0.15, 0.2) is 30.3 Å². The number of ether oxygens (including phenoxy) is 1. The maximum Gasteiger partial charge on any atom is 0.331 e. The number of nitrogens with one attached hydrogen (secondary N) is 1. The molecule has 1 aromatic carbocycles. The van der Waals surface area contributed by atoms with E-state index in [9.17, 15) is 9.59 Å². The molecule has 0 heterocycles. The minimum Gasteiger partial charge on any atom is -0.452 e. The zero-order valence-electron chi connectivity index (χ0n) is 11.8. The quantitative estimate of drug-likeness (QED) is 0.649. The minimum absolute atomic E-state index is 0.151. The fraction of sp³-hybridized carbons (Fsp3) is 0.375. The largest absolute Gasteiger partial charge is 0.452 e. The topological polar surface area (TPSA) is 55.4 Å². The Morgan fingerprint density at radius 3 is 2.90 bits per heavy atom. The Labute approximate surface area is 129 Å². The summed E-state index contributed by atoms with van der Waals surface area (Å²) in [4.78, 5) is 23.1. The van der Waals surface area contributed by atoms with Gasteiger partial charge in [0.15, 0.2) is 6.61 Å². The summed E-state index contributed by atoms with van der Waals surface area (Å²) in [7, 11) is 0. The number of benzene rings is 1. The van der Waals surface area contributed by atoms with Gasteiger partial charge in [-0.2, -0.15) is 0 Å². The second kappa shape index (κ2) is 7.27. The number of amides is 1. The van der Waals surface area contributed by atoms with Gasteiger partial charge < -0.3 is 10.1 Å². The molecule has 0 unspecified atom stereocenters. The molecule has 1 atom stereocenters. The number of carbonyl (C=O) groups is 2. The van der Waals surface area contributed by atoms with Gasteiger partial charge in [-0.1, -0.05) is 23.7 Å². The average Bonchev–Trinajstić information content (AvgIpc) is 3.27. The maximum absolute atomic E-state index is 11.6. The van der Waals surface area contributed by atoms with E-state index in [2.05, 4.69) is 5.32 Å². The summed E-state index contributed by atoms with van der Waals surface area (Å²) in [6, 6.07) is 7.25. The zero-order chi connectivity index (χ0) is 15.2. The molecule has 0 radical (unpaired) electrons. The standard InChI is InChI=1S/C16H18ClNO3/c1-11(13-6-7-13)18-15(19)10-21-16(20)8-5-12-3-2-4-14(17)9-12/h2-5,8-9,11,13H,6-7,10H2,1H3,(H,18,19)/b8-5+/t11-/m1/s1. The van der Waals surface area contributed by atoms with Crippen molar-refractivity contribution in [3.8, 4) is 0 Å². The van der Waals surface area contributed by atoms with Gasteiger partial charge in [-0.05, 0) is 49.5 Å². The number of rotatable bonds is 6. The van der Waals surface area contributed by atoms with Crippen molar-refractivity contribution < 1.29 is 14.3 Å². The maximum atomic E-state index is 11.6. The molecule has 5 heteroatoms. The lowest BCUT2D eigenvalue weighted by atomic mass is 10.2. The van der Waals surface area contributed by atoms with Gasteiger partial charge in [0.2, 0.25) is 0 Å². The number of carbonyl (C=O) groups excluding carboxylic acids is 2. The Bertz CT molecular complexity index is 552. The van der Waals surface area contributed by atoms with Crippen molar-refractivity contribution in [2.45, 2.75) is 25.8 Å². The lowest BCUT2D eigenvalue weighted by Crippen LogP contribution is -2.36. The highest BCUT2D eigenvalue weighted by Crippen LogP contribution is 2.32. The first-order valence-corrected chi connectivity index (χ1v) is 7.32. The molecule has 2 rings (SSSR count). The lowest BCUT2D eigenvalue weighted by molar-refractivity contribution is -0.144. The minimum atomic E-state index is -0.552. The molecule has 0 bridgehead atoms. The normalized spacial score (nSPS) is 15.7. The van der Waals surface area contributed by atoms with E-state index in [1.807, 2.05) is 13.0 Å². The van der Waals surface area contributed by atoms with Crippen LogP contribution in [-0.4, -0.2) is 24.5 Å². The lowest BCUT2D eigenvalue weighted by Gasteiger charge is -2.12. The number of halogens is 1. The smallest absolute Gasteiger partial charge is 0.331 e. The van der Waals surface area contributed by atoms with Crippen LogP contribution in [0.3, 0.4) is 0 Å². The van der Waals surface area contributed by atoms with Gasteiger partial charge in [0, 0.05) is 17.1 Å². The Morgan fingerprint density at radius 1 is 1.48 bits per heavy atom. The van der Waals surface area contributed by atoms with Crippen LogP contribution in [0.1, 0.15) is 25.3 Å². The molecule has 1 aliphatic rings. The van der Waals surface area contributed by atoms with Crippen molar-refractivity contribution >= 4 is 29.6 Å². The van der Waals surface area contributed by atoms with E-state index in [4.69, 9.17) is 16.3 Å². The molecule has 1 fully saturated rings. The zero-order valence-corrected chi connectivity index (χ0v) is 12.6.